The number of amides is 2. The fourth-order valence-corrected chi connectivity index (χ4v) is 2.16. The Balaban J connectivity index is 2.50. The summed E-state index contributed by atoms with van der Waals surface area (Å²) >= 11 is 0. The number of hydrogen-bond donors (Lipinski definition) is 3. The zero-order valence-corrected chi connectivity index (χ0v) is 13.1. The Hall–Kier alpha value is -1.89. The Morgan fingerprint density at radius 2 is 2.05 bits per heavy atom. The predicted octanol–water partition coefficient (Wildman–Crippen LogP) is 1.97. The summed E-state index contributed by atoms with van der Waals surface area (Å²) < 4.78 is 11.2. The van der Waals surface area contributed by atoms with Crippen LogP contribution in [0.15, 0.2) is 18.2 Å². The van der Waals surface area contributed by atoms with Crippen LogP contribution < -0.4 is 10.6 Å². The highest BCUT2D eigenvalue weighted by Gasteiger charge is 2.09. The third-order valence-corrected chi connectivity index (χ3v) is 4.49. The lowest BCUT2D eigenvalue weighted by molar-refractivity contribution is 0.0696. The van der Waals surface area contributed by atoms with Crippen LogP contribution in [0.1, 0.15) is 29.3 Å². The molecule has 1 aromatic rings. The lowest BCUT2D eigenvalue weighted by Gasteiger charge is -2.11. The van der Waals surface area contributed by atoms with Crippen LogP contribution in [0.3, 0.4) is 0 Å². The smallest absolute Gasteiger partial charge is 0.335 e. The highest BCUT2D eigenvalue weighted by Crippen LogP contribution is 2.15. The molecule has 7 heteroatoms. The van der Waals surface area contributed by atoms with Crippen LogP contribution >= 0.6 is 0 Å². The molecular formula is C14H20N2O4S. The number of carbonyl (C=O) groups is 2. The topological polar surface area (TPSA) is 95.5 Å². The molecule has 0 radical (unpaired) electrons. The molecule has 0 aliphatic rings. The molecule has 0 spiro atoms. The molecule has 2 unspecified atom stereocenters. The number of urea groups is 1. The first kappa shape index (κ1) is 17.2. The molecule has 3 N–H and O–H groups in total. The third-order valence-electron chi connectivity index (χ3n) is 3.12. The molecular weight excluding hydrogens is 292 g/mol. The highest BCUT2D eigenvalue weighted by molar-refractivity contribution is 7.84. The van der Waals surface area contributed by atoms with Crippen LogP contribution in [-0.4, -0.2) is 39.4 Å². The second kappa shape index (κ2) is 7.78. The van der Waals surface area contributed by atoms with E-state index in [4.69, 9.17) is 5.11 Å². The van der Waals surface area contributed by atoms with Crippen LogP contribution in [0.25, 0.3) is 0 Å². The molecule has 0 aliphatic carbocycles. The number of benzene rings is 1. The van der Waals surface area contributed by atoms with E-state index in [1.54, 1.807) is 25.3 Å². The second-order valence-corrected chi connectivity index (χ2v) is 6.62. The van der Waals surface area contributed by atoms with E-state index in [2.05, 4.69) is 10.6 Å². The van der Waals surface area contributed by atoms with Crippen molar-refractivity contribution in [1.82, 2.24) is 5.32 Å². The van der Waals surface area contributed by atoms with E-state index in [1.807, 2.05) is 6.92 Å². The summed E-state index contributed by atoms with van der Waals surface area (Å²) in [5.74, 6) is -0.995. The lowest BCUT2D eigenvalue weighted by atomic mass is 10.1. The molecule has 0 bridgehead atoms. The minimum atomic E-state index is -0.995. The molecule has 0 saturated carbocycles. The molecule has 0 heterocycles. The summed E-state index contributed by atoms with van der Waals surface area (Å²) in [5, 5.41) is 14.3. The Bertz CT molecular complexity index is 560. The number of aryl methyl sites for hydroxylation is 1. The van der Waals surface area contributed by atoms with E-state index < -0.39 is 16.8 Å². The van der Waals surface area contributed by atoms with E-state index in [1.165, 1.54) is 6.07 Å². The summed E-state index contributed by atoms with van der Waals surface area (Å²) in [6.45, 7) is 3.97. The molecule has 2 atom stereocenters. The number of rotatable bonds is 6. The molecule has 0 fully saturated rings. The number of anilines is 1. The van der Waals surface area contributed by atoms with E-state index >= 15 is 0 Å². The molecule has 0 aliphatic heterocycles. The number of nitrogens with one attached hydrogen (secondary N) is 2. The maximum Gasteiger partial charge on any atom is 0.335 e. The van der Waals surface area contributed by atoms with Crippen molar-refractivity contribution < 1.29 is 18.9 Å². The molecule has 2 amide bonds. The van der Waals surface area contributed by atoms with Crippen LogP contribution in [0.2, 0.25) is 0 Å². The molecule has 116 valence electrons. The lowest BCUT2D eigenvalue weighted by Crippen LogP contribution is -2.31. The fourth-order valence-electron chi connectivity index (χ4n) is 1.71. The Kier molecular flexibility index (Phi) is 6.36. The monoisotopic (exact) mass is 312 g/mol. The zero-order valence-electron chi connectivity index (χ0n) is 12.3. The van der Waals surface area contributed by atoms with Crippen LogP contribution in [0.4, 0.5) is 10.5 Å². The standard InChI is InChI=1S/C14H20N2O4S/c1-9-8-11(4-5-12(9)13(17)18)16-14(19)15-7-6-10(2)21(3)20/h4-5,8,10H,6-7H2,1-3H3,(H,17,18)(H2,15,16,19). The quantitative estimate of drug-likeness (QED) is 0.748. The van der Waals surface area contributed by atoms with Gasteiger partial charge in [0.2, 0.25) is 0 Å². The van der Waals surface area contributed by atoms with Gasteiger partial charge in [-0.25, -0.2) is 9.59 Å². The largest absolute Gasteiger partial charge is 0.478 e. The van der Waals surface area contributed by atoms with Crippen molar-refractivity contribution >= 4 is 28.5 Å². The van der Waals surface area contributed by atoms with Crippen molar-refractivity contribution in [2.75, 3.05) is 18.1 Å². The third kappa shape index (κ3) is 5.55. The van der Waals surface area contributed by atoms with E-state index in [0.29, 0.717) is 24.2 Å². The summed E-state index contributed by atoms with van der Waals surface area (Å²) in [6, 6.07) is 4.23. The van der Waals surface area contributed by atoms with Crippen molar-refractivity contribution in [3.63, 3.8) is 0 Å². The SMILES string of the molecule is Cc1cc(NC(=O)NCCC(C)S(C)=O)ccc1C(=O)O. The Morgan fingerprint density at radius 3 is 2.57 bits per heavy atom. The van der Waals surface area contributed by atoms with E-state index in [9.17, 15) is 13.8 Å². The number of carbonyl (C=O) groups excluding carboxylic acids is 1. The highest BCUT2D eigenvalue weighted by atomic mass is 32.2. The van der Waals surface area contributed by atoms with E-state index in [0.717, 1.165) is 0 Å². The van der Waals surface area contributed by atoms with Gasteiger partial charge in [0.05, 0.1) is 5.56 Å². The van der Waals surface area contributed by atoms with Crippen molar-refractivity contribution in [1.29, 1.82) is 0 Å². The van der Waals surface area contributed by atoms with Gasteiger partial charge in [0.25, 0.3) is 0 Å². The fraction of sp³-hybridized carbons (Fsp3) is 0.429. The summed E-state index contributed by atoms with van der Waals surface area (Å²) in [7, 11) is -0.901. The van der Waals surface area contributed by atoms with Crippen molar-refractivity contribution in [2.45, 2.75) is 25.5 Å². The van der Waals surface area contributed by atoms with Gasteiger partial charge in [-0.2, -0.15) is 0 Å². The first-order valence-corrected chi connectivity index (χ1v) is 8.14. The maximum absolute atomic E-state index is 11.7. The number of aromatic carboxylic acids is 1. The first-order chi connectivity index (χ1) is 9.81. The minimum absolute atomic E-state index is 0.0300. The molecule has 1 rings (SSSR count). The predicted molar refractivity (Wildman–Crippen MR) is 83.3 cm³/mol. The van der Waals surface area contributed by atoms with Crippen molar-refractivity contribution in [3.05, 3.63) is 29.3 Å². The van der Waals surface area contributed by atoms with E-state index in [-0.39, 0.29) is 16.8 Å². The molecule has 0 aromatic heterocycles. The average Bonchev–Trinajstić information content (AvgIpc) is 2.37. The van der Waals surface area contributed by atoms with Gasteiger partial charge in [-0.15, -0.1) is 0 Å². The van der Waals surface area contributed by atoms with Gasteiger partial charge in [-0.3, -0.25) is 4.21 Å². The van der Waals surface area contributed by atoms with Crippen molar-refractivity contribution in [2.24, 2.45) is 0 Å². The van der Waals surface area contributed by atoms with Crippen LogP contribution in [0.5, 0.6) is 0 Å². The Labute approximate surface area is 126 Å². The normalized spacial score (nSPS) is 13.3. The minimum Gasteiger partial charge on any atom is -0.478 e. The number of hydrogen-bond acceptors (Lipinski definition) is 3. The summed E-state index contributed by atoms with van der Waals surface area (Å²) in [4.78, 5) is 22.6. The molecule has 0 saturated heterocycles. The van der Waals surface area contributed by atoms with Gasteiger partial charge in [0, 0.05) is 34.5 Å². The van der Waals surface area contributed by atoms with Crippen LogP contribution in [-0.2, 0) is 10.8 Å². The zero-order chi connectivity index (χ0) is 16.0. The molecule has 21 heavy (non-hydrogen) atoms. The first-order valence-electron chi connectivity index (χ1n) is 6.52. The van der Waals surface area contributed by atoms with Crippen molar-refractivity contribution in [3.8, 4) is 0 Å². The average molecular weight is 312 g/mol. The molecule has 1 aromatic carbocycles. The molecule has 6 nitrogen and oxygen atoms in total. The second-order valence-electron chi connectivity index (χ2n) is 4.81. The van der Waals surface area contributed by atoms with Gasteiger partial charge >= 0.3 is 12.0 Å². The van der Waals surface area contributed by atoms with Crippen LogP contribution in [0, 0.1) is 6.92 Å². The van der Waals surface area contributed by atoms with Gasteiger partial charge in [0.15, 0.2) is 0 Å². The van der Waals surface area contributed by atoms with Gasteiger partial charge in [0.1, 0.15) is 0 Å². The Morgan fingerprint density at radius 1 is 1.38 bits per heavy atom. The number of carboxylic acids is 1. The van der Waals surface area contributed by atoms with Gasteiger partial charge < -0.3 is 15.7 Å². The van der Waals surface area contributed by atoms with Gasteiger partial charge in [-0.05, 0) is 37.1 Å². The van der Waals surface area contributed by atoms with Gasteiger partial charge in [-0.1, -0.05) is 6.92 Å². The maximum atomic E-state index is 11.7. The number of carboxylic acid groups (broad SMARTS) is 1. The summed E-state index contributed by atoms with van der Waals surface area (Å²) in [6.07, 6.45) is 2.27. The summed E-state index contributed by atoms with van der Waals surface area (Å²) in [5.41, 5.74) is 1.32.